The largest absolute Gasteiger partial charge is 0.393 e. The number of rotatable bonds is 3. The van der Waals surface area contributed by atoms with Crippen molar-refractivity contribution in [3.8, 4) is 11.3 Å². The molecule has 3 aromatic rings. The number of aliphatic hydroxyl groups excluding tert-OH is 1. The predicted molar refractivity (Wildman–Crippen MR) is 101 cm³/mol. The number of aromatic nitrogens is 2. The van der Waals surface area contributed by atoms with Crippen molar-refractivity contribution in [1.82, 2.24) is 14.7 Å². The first-order valence-corrected chi connectivity index (χ1v) is 9.47. The molecule has 1 aliphatic rings. The van der Waals surface area contributed by atoms with E-state index < -0.39 is 5.60 Å². The van der Waals surface area contributed by atoms with Crippen LogP contribution in [0.5, 0.6) is 0 Å². The number of likely N-dealkylation sites (tertiary alicyclic amines) is 1. The van der Waals surface area contributed by atoms with Gasteiger partial charge in [0.05, 0.1) is 18.0 Å². The lowest BCUT2D eigenvalue weighted by Gasteiger charge is -2.37. The molecule has 7 heteroatoms. The predicted octanol–water partition coefficient (Wildman–Crippen LogP) is 2.26. The summed E-state index contributed by atoms with van der Waals surface area (Å²) in [5.41, 5.74) is 0.688. The fraction of sp³-hybridized carbons (Fsp3) is 0.368. The number of hydrogen-bond acceptors (Lipinski definition) is 5. The summed E-state index contributed by atoms with van der Waals surface area (Å²) in [4.78, 5) is 16.2. The first kappa shape index (κ1) is 17.2. The second-order valence-corrected chi connectivity index (χ2v) is 7.91. The normalized spacial score (nSPS) is 20.7. The third-order valence-corrected chi connectivity index (χ3v) is 6.10. The first-order valence-electron chi connectivity index (χ1n) is 8.65. The van der Waals surface area contributed by atoms with Crippen LogP contribution in [0.15, 0.2) is 36.4 Å². The Bertz CT molecular complexity index is 950. The summed E-state index contributed by atoms with van der Waals surface area (Å²) in [6.45, 7) is 0.435. The average molecular weight is 371 g/mol. The van der Waals surface area contributed by atoms with E-state index in [-0.39, 0.29) is 19.1 Å². The minimum atomic E-state index is -1.19. The molecule has 0 aliphatic carbocycles. The van der Waals surface area contributed by atoms with Crippen molar-refractivity contribution in [3.63, 3.8) is 0 Å². The number of thiophene rings is 1. The number of aryl methyl sites for hydroxylation is 1. The fourth-order valence-corrected chi connectivity index (χ4v) is 4.57. The summed E-state index contributed by atoms with van der Waals surface area (Å²) in [6, 6.07) is 11.8. The molecular weight excluding hydrogens is 350 g/mol. The van der Waals surface area contributed by atoms with Crippen molar-refractivity contribution >= 4 is 27.5 Å². The molecule has 1 aliphatic heterocycles. The van der Waals surface area contributed by atoms with Gasteiger partial charge in [0.2, 0.25) is 0 Å². The maximum Gasteiger partial charge on any atom is 0.264 e. The number of amides is 1. The van der Waals surface area contributed by atoms with E-state index in [1.54, 1.807) is 9.58 Å². The molecule has 4 rings (SSSR count). The van der Waals surface area contributed by atoms with Gasteiger partial charge in [-0.1, -0.05) is 30.3 Å². The number of fused-ring (bicyclic) bond motifs is 1. The van der Waals surface area contributed by atoms with Crippen LogP contribution in [-0.4, -0.2) is 56.1 Å². The van der Waals surface area contributed by atoms with Crippen LogP contribution in [0.25, 0.3) is 21.5 Å². The van der Waals surface area contributed by atoms with Crippen LogP contribution in [-0.2, 0) is 7.05 Å². The minimum Gasteiger partial charge on any atom is -0.393 e. The van der Waals surface area contributed by atoms with Gasteiger partial charge in [0.15, 0.2) is 0 Å². The van der Waals surface area contributed by atoms with Gasteiger partial charge in [0.25, 0.3) is 5.91 Å². The topological polar surface area (TPSA) is 78.6 Å². The van der Waals surface area contributed by atoms with Crippen LogP contribution in [0.3, 0.4) is 0 Å². The van der Waals surface area contributed by atoms with E-state index in [1.165, 1.54) is 11.3 Å². The van der Waals surface area contributed by atoms with Crippen LogP contribution >= 0.6 is 11.3 Å². The molecule has 2 aromatic heterocycles. The minimum absolute atomic E-state index is 0.100. The molecule has 0 bridgehead atoms. The zero-order chi connectivity index (χ0) is 18.3. The van der Waals surface area contributed by atoms with Crippen LogP contribution in [0.2, 0.25) is 0 Å². The van der Waals surface area contributed by atoms with E-state index in [9.17, 15) is 15.0 Å². The molecule has 136 valence electrons. The number of nitrogens with zero attached hydrogens (tertiary/aromatic N) is 3. The van der Waals surface area contributed by atoms with E-state index >= 15 is 0 Å². The second-order valence-electron chi connectivity index (χ2n) is 6.88. The van der Waals surface area contributed by atoms with Crippen molar-refractivity contribution in [2.24, 2.45) is 7.05 Å². The van der Waals surface area contributed by atoms with Crippen LogP contribution in [0, 0.1) is 0 Å². The summed E-state index contributed by atoms with van der Waals surface area (Å²) in [6.07, 6.45) is 1.20. The second kappa shape index (κ2) is 6.50. The molecule has 26 heavy (non-hydrogen) atoms. The molecule has 3 heterocycles. The Morgan fingerprint density at radius 2 is 2.12 bits per heavy atom. The average Bonchev–Trinajstić information content (AvgIpc) is 3.23. The lowest BCUT2D eigenvalue weighted by atomic mass is 9.94. The number of β-amino-alcohol motifs (C(OH)–C–C–N with tert-alkyl or cyclic N) is 1. The van der Waals surface area contributed by atoms with Crippen molar-refractivity contribution < 1.29 is 15.0 Å². The molecule has 1 fully saturated rings. The molecule has 1 saturated heterocycles. The van der Waals surface area contributed by atoms with E-state index in [4.69, 9.17) is 0 Å². The number of hydrogen-bond donors (Lipinski definition) is 2. The summed E-state index contributed by atoms with van der Waals surface area (Å²) in [7, 11) is 1.88. The van der Waals surface area contributed by atoms with E-state index in [1.807, 2.05) is 43.4 Å². The lowest BCUT2D eigenvalue weighted by Crippen LogP contribution is -2.52. The summed E-state index contributed by atoms with van der Waals surface area (Å²) >= 11 is 1.41. The van der Waals surface area contributed by atoms with E-state index in [0.717, 1.165) is 21.5 Å². The molecule has 6 nitrogen and oxygen atoms in total. The Labute approximate surface area is 155 Å². The van der Waals surface area contributed by atoms with E-state index in [0.29, 0.717) is 24.3 Å². The SMILES string of the molecule is Cn1nc(-c2ccccc2)c2cc(C(=O)N3CCC[C@](O)(CO)C3)sc21. The van der Waals surface area contributed by atoms with Gasteiger partial charge >= 0.3 is 0 Å². The van der Waals surface area contributed by atoms with Gasteiger partial charge in [0.1, 0.15) is 16.1 Å². The van der Waals surface area contributed by atoms with Gasteiger partial charge in [-0.3, -0.25) is 9.48 Å². The molecular formula is C19H21N3O3S. The van der Waals surface area contributed by atoms with Gasteiger partial charge in [-0.25, -0.2) is 0 Å². The summed E-state index contributed by atoms with van der Waals surface area (Å²) in [5, 5.41) is 25.3. The number of carbonyl (C=O) groups excluding carboxylic acids is 1. The lowest BCUT2D eigenvalue weighted by molar-refractivity contribution is -0.0597. The Kier molecular flexibility index (Phi) is 4.30. The van der Waals surface area contributed by atoms with Crippen LogP contribution in [0.4, 0.5) is 0 Å². The van der Waals surface area contributed by atoms with Gasteiger partial charge < -0.3 is 15.1 Å². The number of carbonyl (C=O) groups is 1. The molecule has 1 atom stereocenters. The third kappa shape index (κ3) is 2.92. The molecule has 2 N–H and O–H groups in total. The monoisotopic (exact) mass is 371 g/mol. The van der Waals surface area contributed by atoms with Crippen molar-refractivity contribution in [1.29, 1.82) is 0 Å². The van der Waals surface area contributed by atoms with Crippen LogP contribution < -0.4 is 0 Å². The quantitative estimate of drug-likeness (QED) is 0.740. The first-order chi connectivity index (χ1) is 12.5. The highest BCUT2D eigenvalue weighted by atomic mass is 32.1. The smallest absolute Gasteiger partial charge is 0.264 e. The van der Waals surface area contributed by atoms with Gasteiger partial charge in [-0.15, -0.1) is 11.3 Å². The van der Waals surface area contributed by atoms with Gasteiger partial charge in [-0.2, -0.15) is 5.10 Å². The van der Waals surface area contributed by atoms with Gasteiger partial charge in [-0.05, 0) is 18.9 Å². The van der Waals surface area contributed by atoms with E-state index in [2.05, 4.69) is 5.10 Å². The number of piperidine rings is 1. The highest BCUT2D eigenvalue weighted by Crippen LogP contribution is 2.34. The highest BCUT2D eigenvalue weighted by molar-refractivity contribution is 7.20. The Morgan fingerprint density at radius 1 is 1.35 bits per heavy atom. The zero-order valence-corrected chi connectivity index (χ0v) is 15.4. The maximum atomic E-state index is 12.9. The molecule has 0 unspecified atom stereocenters. The summed E-state index contributed by atoms with van der Waals surface area (Å²) in [5.74, 6) is -0.100. The zero-order valence-electron chi connectivity index (χ0n) is 14.6. The number of aliphatic hydroxyl groups is 2. The fourth-order valence-electron chi connectivity index (χ4n) is 3.53. The van der Waals surface area contributed by atoms with Crippen molar-refractivity contribution in [2.45, 2.75) is 18.4 Å². The van der Waals surface area contributed by atoms with Crippen molar-refractivity contribution in [2.75, 3.05) is 19.7 Å². The summed E-state index contributed by atoms with van der Waals surface area (Å²) < 4.78 is 1.80. The maximum absolute atomic E-state index is 12.9. The molecule has 0 spiro atoms. The van der Waals surface area contributed by atoms with Crippen molar-refractivity contribution in [3.05, 3.63) is 41.3 Å². The standard InChI is InChI=1S/C19H21N3O3S/c1-21-18-14(16(20-21)13-6-3-2-4-7-13)10-15(26-18)17(24)22-9-5-8-19(25,11-22)12-23/h2-4,6-7,10,23,25H,5,8-9,11-12H2,1H3/t19-/m1/s1. The molecule has 0 saturated carbocycles. The Morgan fingerprint density at radius 3 is 2.85 bits per heavy atom. The molecule has 0 radical (unpaired) electrons. The van der Waals surface area contributed by atoms with Gasteiger partial charge in [0, 0.05) is 24.5 Å². The number of benzene rings is 1. The Hall–Kier alpha value is -2.22. The Balaban J connectivity index is 1.69. The highest BCUT2D eigenvalue weighted by Gasteiger charge is 2.35. The third-order valence-electron chi connectivity index (χ3n) is 4.91. The van der Waals surface area contributed by atoms with Crippen LogP contribution in [0.1, 0.15) is 22.5 Å². The molecule has 1 amide bonds. The molecule has 1 aromatic carbocycles.